The van der Waals surface area contributed by atoms with Gasteiger partial charge in [-0.3, -0.25) is 19.2 Å². The summed E-state index contributed by atoms with van der Waals surface area (Å²) >= 11 is 0. The molecule has 0 atom stereocenters. The van der Waals surface area contributed by atoms with E-state index in [2.05, 4.69) is 0 Å². The van der Waals surface area contributed by atoms with Gasteiger partial charge >= 0.3 is 0 Å². The van der Waals surface area contributed by atoms with Gasteiger partial charge in [-0.15, -0.1) is 0 Å². The monoisotopic (exact) mass is 742 g/mol. The van der Waals surface area contributed by atoms with E-state index in [4.69, 9.17) is 0 Å². The van der Waals surface area contributed by atoms with Crippen LogP contribution < -0.4 is 9.80 Å². The Kier molecular flexibility index (Phi) is 14.8. The molecule has 0 saturated carbocycles. The average Bonchev–Trinajstić information content (AvgIpc) is 3.24. The average molecular weight is 743 g/mol. The van der Waals surface area contributed by atoms with Gasteiger partial charge in [-0.25, -0.2) is 0 Å². The number of benzene rings is 6. The molecule has 6 aromatic rings. The highest BCUT2D eigenvalue weighted by atomic mass is 16.1. The third kappa shape index (κ3) is 11.8. The highest BCUT2D eigenvalue weighted by Crippen LogP contribution is 2.30. The van der Waals surface area contributed by atoms with E-state index < -0.39 is 0 Å². The van der Waals surface area contributed by atoms with Crippen LogP contribution in [0.25, 0.3) is 0 Å². The van der Waals surface area contributed by atoms with Crippen molar-refractivity contribution in [3.63, 3.8) is 0 Å². The van der Waals surface area contributed by atoms with Crippen LogP contribution in [-0.4, -0.2) is 51.3 Å². The first-order valence-electron chi connectivity index (χ1n) is 19.0. The molecule has 0 amide bonds. The topological polar surface area (TPSA) is 74.8 Å². The third-order valence-corrected chi connectivity index (χ3v) is 9.87. The fourth-order valence-corrected chi connectivity index (χ4v) is 6.57. The standard InChI is InChI=1S/2C25H25NO2/c2*1-26(2)23-15-13-19(14-16-23)22(17-24(27)20-9-5-3-6-10-20)18-25(28)21-11-7-4-8-12-21/h2*3-16,22H,17-18H2,1-2H3. The summed E-state index contributed by atoms with van der Waals surface area (Å²) in [6.45, 7) is 0. The molecule has 6 nitrogen and oxygen atoms in total. The number of carbonyl (C=O) groups is 4. The molecule has 6 aromatic carbocycles. The molecule has 56 heavy (non-hydrogen) atoms. The minimum atomic E-state index is -0.156. The number of hydrogen-bond acceptors (Lipinski definition) is 6. The second kappa shape index (κ2) is 20.3. The number of hydrogen-bond donors (Lipinski definition) is 0. The van der Waals surface area contributed by atoms with Gasteiger partial charge in [-0.2, -0.15) is 0 Å². The summed E-state index contributed by atoms with van der Waals surface area (Å²) in [5, 5.41) is 0. The Morgan fingerprint density at radius 2 is 0.554 bits per heavy atom. The Morgan fingerprint density at radius 1 is 0.339 bits per heavy atom. The van der Waals surface area contributed by atoms with Crippen LogP contribution in [0.3, 0.4) is 0 Å². The van der Waals surface area contributed by atoms with Crippen LogP contribution in [0.15, 0.2) is 170 Å². The van der Waals surface area contributed by atoms with E-state index in [0.717, 1.165) is 22.5 Å². The van der Waals surface area contributed by atoms with Crippen molar-refractivity contribution in [3.8, 4) is 0 Å². The Morgan fingerprint density at radius 3 is 0.750 bits per heavy atom. The van der Waals surface area contributed by atoms with Crippen molar-refractivity contribution in [2.75, 3.05) is 38.0 Å². The van der Waals surface area contributed by atoms with E-state index in [9.17, 15) is 19.2 Å². The maximum atomic E-state index is 12.8. The molecule has 0 N–H and O–H groups in total. The van der Waals surface area contributed by atoms with Crippen molar-refractivity contribution < 1.29 is 19.2 Å². The van der Waals surface area contributed by atoms with Crippen molar-refractivity contribution >= 4 is 34.5 Å². The molecule has 284 valence electrons. The molecule has 0 fully saturated rings. The second-order valence-corrected chi connectivity index (χ2v) is 14.3. The lowest BCUT2D eigenvalue weighted by Crippen LogP contribution is -2.13. The molecular formula is C50H50N2O4. The Balaban J connectivity index is 0.000000214. The number of carbonyl (C=O) groups excluding carboxylic acids is 4. The van der Waals surface area contributed by atoms with Gasteiger partial charge in [0.15, 0.2) is 23.1 Å². The minimum Gasteiger partial charge on any atom is -0.378 e. The summed E-state index contributed by atoms with van der Waals surface area (Å²) in [4.78, 5) is 55.3. The van der Waals surface area contributed by atoms with Gasteiger partial charge in [0.25, 0.3) is 0 Å². The summed E-state index contributed by atoms with van der Waals surface area (Å²) in [5.41, 5.74) is 6.94. The molecule has 0 saturated heterocycles. The van der Waals surface area contributed by atoms with Crippen LogP contribution >= 0.6 is 0 Å². The fourth-order valence-electron chi connectivity index (χ4n) is 6.57. The summed E-state index contributed by atoms with van der Waals surface area (Å²) in [5.74, 6) is -0.0779. The molecular weight excluding hydrogens is 693 g/mol. The molecule has 6 heteroatoms. The van der Waals surface area contributed by atoms with Crippen molar-refractivity contribution in [3.05, 3.63) is 203 Å². The summed E-state index contributed by atoms with van der Waals surface area (Å²) in [7, 11) is 7.96. The zero-order valence-corrected chi connectivity index (χ0v) is 32.7. The smallest absolute Gasteiger partial charge is 0.163 e. The number of rotatable bonds is 16. The van der Waals surface area contributed by atoms with Gasteiger partial charge < -0.3 is 9.80 Å². The fraction of sp³-hybridized carbons (Fsp3) is 0.200. The van der Waals surface area contributed by atoms with Crippen molar-refractivity contribution in [2.45, 2.75) is 37.5 Å². The third-order valence-electron chi connectivity index (χ3n) is 9.87. The maximum Gasteiger partial charge on any atom is 0.163 e. The molecule has 0 aliphatic heterocycles. The molecule has 6 rings (SSSR count). The lowest BCUT2D eigenvalue weighted by Gasteiger charge is -2.18. The zero-order chi connectivity index (χ0) is 39.9. The van der Waals surface area contributed by atoms with Crippen LogP contribution in [-0.2, 0) is 0 Å². The highest BCUT2D eigenvalue weighted by Gasteiger charge is 2.23. The van der Waals surface area contributed by atoms with Crippen LogP contribution in [0.4, 0.5) is 11.4 Å². The van der Waals surface area contributed by atoms with Gasteiger partial charge in [0.05, 0.1) is 0 Å². The van der Waals surface area contributed by atoms with Crippen LogP contribution in [0.1, 0.15) is 90.1 Å². The summed E-state index contributed by atoms with van der Waals surface area (Å²) < 4.78 is 0. The lowest BCUT2D eigenvalue weighted by molar-refractivity contribution is 0.0928. The van der Waals surface area contributed by atoms with E-state index in [1.165, 1.54) is 0 Å². The largest absolute Gasteiger partial charge is 0.378 e. The van der Waals surface area contributed by atoms with E-state index in [1.807, 2.05) is 208 Å². The molecule has 0 heterocycles. The lowest BCUT2D eigenvalue weighted by atomic mass is 9.86. The predicted molar refractivity (Wildman–Crippen MR) is 229 cm³/mol. The van der Waals surface area contributed by atoms with Gasteiger partial charge in [0, 0.05) is 87.5 Å². The SMILES string of the molecule is CN(C)c1ccc(C(CC(=O)c2ccccc2)CC(=O)c2ccccc2)cc1.CN(C)c1ccc(C(CC(=O)c2ccccc2)CC(=O)c2ccccc2)cc1. The number of nitrogens with zero attached hydrogens (tertiary/aromatic N) is 2. The van der Waals surface area contributed by atoms with Crippen molar-refractivity contribution in [2.24, 2.45) is 0 Å². The van der Waals surface area contributed by atoms with Crippen molar-refractivity contribution in [1.29, 1.82) is 0 Å². The predicted octanol–water partition coefficient (Wildman–Crippen LogP) is 10.8. The molecule has 0 aromatic heterocycles. The van der Waals surface area contributed by atoms with Gasteiger partial charge in [0.1, 0.15) is 0 Å². The molecule has 0 unspecified atom stereocenters. The first-order chi connectivity index (χ1) is 27.1. The Labute approximate surface area is 331 Å². The number of Topliss-reactive ketones (excluding diaryl/α,β-unsaturated/α-hetero) is 4. The maximum absolute atomic E-state index is 12.8. The highest BCUT2D eigenvalue weighted by molar-refractivity contribution is 6.00. The quantitative estimate of drug-likeness (QED) is 0.0919. The molecule has 0 aliphatic rings. The first-order valence-corrected chi connectivity index (χ1v) is 19.0. The Hall–Kier alpha value is -6.40. The van der Waals surface area contributed by atoms with Gasteiger partial charge in [-0.1, -0.05) is 146 Å². The Bertz CT molecular complexity index is 1880. The zero-order valence-electron chi connectivity index (χ0n) is 32.7. The van der Waals surface area contributed by atoms with Gasteiger partial charge in [0.2, 0.25) is 0 Å². The first kappa shape index (κ1) is 40.8. The van der Waals surface area contributed by atoms with Crippen molar-refractivity contribution in [1.82, 2.24) is 0 Å². The molecule has 0 radical (unpaired) electrons. The van der Waals surface area contributed by atoms with Crippen LogP contribution in [0.2, 0.25) is 0 Å². The van der Waals surface area contributed by atoms with E-state index in [1.54, 1.807) is 0 Å². The second-order valence-electron chi connectivity index (χ2n) is 14.3. The number of anilines is 2. The number of ketones is 4. The minimum absolute atomic E-state index is 0.0585. The summed E-state index contributed by atoms with van der Waals surface area (Å²) in [6.07, 6.45) is 1.24. The molecule has 0 spiro atoms. The van der Waals surface area contributed by atoms with Crippen LogP contribution in [0.5, 0.6) is 0 Å². The van der Waals surface area contributed by atoms with E-state index in [0.29, 0.717) is 47.9 Å². The van der Waals surface area contributed by atoms with Gasteiger partial charge in [-0.05, 0) is 47.2 Å². The van der Waals surface area contributed by atoms with E-state index >= 15 is 0 Å². The molecule has 0 aliphatic carbocycles. The molecule has 0 bridgehead atoms. The summed E-state index contributed by atoms with van der Waals surface area (Å²) in [6, 6.07) is 53.3. The normalized spacial score (nSPS) is 10.7. The van der Waals surface area contributed by atoms with E-state index in [-0.39, 0.29) is 35.0 Å². The van der Waals surface area contributed by atoms with Crippen LogP contribution in [0, 0.1) is 0 Å².